The van der Waals surface area contributed by atoms with Gasteiger partial charge in [0.1, 0.15) is 10.6 Å². The normalized spacial score (nSPS) is 14.7. The fourth-order valence-electron chi connectivity index (χ4n) is 3.28. The molecule has 0 saturated carbocycles. The number of amides is 1. The highest BCUT2D eigenvalue weighted by atomic mass is 35.5. The van der Waals surface area contributed by atoms with Crippen LogP contribution in [0.25, 0.3) is 0 Å². The van der Waals surface area contributed by atoms with E-state index in [-0.39, 0.29) is 28.9 Å². The molecule has 156 valence electrons. The maximum Gasteiger partial charge on any atom is 0.244 e. The second kappa shape index (κ2) is 9.15. The highest BCUT2D eigenvalue weighted by Crippen LogP contribution is 2.29. The lowest BCUT2D eigenvalue weighted by Gasteiger charge is -2.17. The molecular formula is C21H25ClN2O4S. The molecule has 6 nitrogen and oxygen atoms in total. The molecule has 1 aliphatic heterocycles. The number of carbonyl (C=O) groups is 1. The summed E-state index contributed by atoms with van der Waals surface area (Å²) in [4.78, 5) is 12.3. The smallest absolute Gasteiger partial charge is 0.244 e. The van der Waals surface area contributed by atoms with Crippen LogP contribution in [0.3, 0.4) is 0 Å². The van der Waals surface area contributed by atoms with E-state index in [4.69, 9.17) is 16.3 Å². The molecule has 0 aliphatic carbocycles. The Labute approximate surface area is 176 Å². The van der Waals surface area contributed by atoms with Crippen molar-refractivity contribution in [3.05, 3.63) is 52.5 Å². The van der Waals surface area contributed by atoms with E-state index in [1.54, 1.807) is 6.07 Å². The van der Waals surface area contributed by atoms with Crippen molar-refractivity contribution in [3.8, 4) is 5.75 Å². The van der Waals surface area contributed by atoms with Crippen molar-refractivity contribution in [3.63, 3.8) is 0 Å². The van der Waals surface area contributed by atoms with Gasteiger partial charge in [0.25, 0.3) is 0 Å². The molecule has 0 aromatic heterocycles. The first kappa shape index (κ1) is 21.6. The Morgan fingerprint density at radius 3 is 2.55 bits per heavy atom. The number of aryl methyl sites for hydroxylation is 2. The van der Waals surface area contributed by atoms with Crippen molar-refractivity contribution in [1.82, 2.24) is 4.31 Å². The lowest BCUT2D eigenvalue weighted by atomic mass is 10.1. The third-order valence-electron chi connectivity index (χ3n) is 4.81. The monoisotopic (exact) mass is 436 g/mol. The van der Waals surface area contributed by atoms with E-state index >= 15 is 0 Å². The number of halogens is 1. The number of nitrogens with zero attached hydrogens (tertiary/aromatic N) is 1. The molecule has 0 spiro atoms. The van der Waals surface area contributed by atoms with Gasteiger partial charge >= 0.3 is 0 Å². The summed E-state index contributed by atoms with van der Waals surface area (Å²) in [5.41, 5.74) is 2.55. The largest absolute Gasteiger partial charge is 0.493 e. The molecule has 0 unspecified atom stereocenters. The van der Waals surface area contributed by atoms with Crippen LogP contribution in [-0.4, -0.2) is 38.3 Å². The number of nitrogens with one attached hydrogen (secondary N) is 1. The van der Waals surface area contributed by atoms with Gasteiger partial charge in [-0.3, -0.25) is 4.79 Å². The van der Waals surface area contributed by atoms with E-state index in [2.05, 4.69) is 5.32 Å². The second-order valence-electron chi connectivity index (χ2n) is 7.17. The fourth-order valence-corrected chi connectivity index (χ4v) is 5.30. The Kier molecular flexibility index (Phi) is 6.82. The van der Waals surface area contributed by atoms with Crippen LogP contribution in [0.1, 0.15) is 30.4 Å². The molecule has 0 bridgehead atoms. The topological polar surface area (TPSA) is 75.7 Å². The zero-order valence-electron chi connectivity index (χ0n) is 16.6. The quantitative estimate of drug-likeness (QED) is 0.707. The first-order chi connectivity index (χ1) is 13.8. The van der Waals surface area contributed by atoms with Gasteiger partial charge in [0.2, 0.25) is 15.9 Å². The van der Waals surface area contributed by atoms with E-state index in [0.717, 1.165) is 29.7 Å². The lowest BCUT2D eigenvalue weighted by molar-refractivity contribution is -0.116. The minimum absolute atomic E-state index is 0.0189. The summed E-state index contributed by atoms with van der Waals surface area (Å²) in [5, 5.41) is 2.87. The summed E-state index contributed by atoms with van der Waals surface area (Å²) in [6.45, 7) is 5.17. The summed E-state index contributed by atoms with van der Waals surface area (Å²) in [6.07, 6.45) is 1.83. The minimum atomic E-state index is -3.66. The minimum Gasteiger partial charge on any atom is -0.493 e. The van der Waals surface area contributed by atoms with Crippen molar-refractivity contribution in [2.45, 2.75) is 38.0 Å². The van der Waals surface area contributed by atoms with Crippen LogP contribution in [0, 0.1) is 13.8 Å². The predicted octanol–water partition coefficient (Wildman–Crippen LogP) is 4.15. The van der Waals surface area contributed by atoms with Gasteiger partial charge in [0.05, 0.1) is 18.1 Å². The molecule has 1 saturated heterocycles. The van der Waals surface area contributed by atoms with Crippen LogP contribution >= 0.6 is 11.6 Å². The summed E-state index contributed by atoms with van der Waals surface area (Å²) in [7, 11) is -3.66. The summed E-state index contributed by atoms with van der Waals surface area (Å²) in [6, 6.07) is 10.4. The zero-order valence-corrected chi connectivity index (χ0v) is 18.1. The Morgan fingerprint density at radius 1 is 1.14 bits per heavy atom. The number of rotatable bonds is 7. The van der Waals surface area contributed by atoms with Crippen LogP contribution in [0.4, 0.5) is 5.69 Å². The zero-order chi connectivity index (χ0) is 21.0. The molecule has 2 aromatic carbocycles. The molecule has 1 aliphatic rings. The van der Waals surface area contributed by atoms with Crippen LogP contribution < -0.4 is 10.1 Å². The van der Waals surface area contributed by atoms with Crippen molar-refractivity contribution in [2.75, 3.05) is 25.0 Å². The van der Waals surface area contributed by atoms with Crippen molar-refractivity contribution in [2.24, 2.45) is 0 Å². The van der Waals surface area contributed by atoms with Crippen molar-refractivity contribution < 1.29 is 17.9 Å². The highest BCUT2D eigenvalue weighted by Gasteiger charge is 2.29. The van der Waals surface area contributed by atoms with Crippen LogP contribution in [0.15, 0.2) is 41.3 Å². The third-order valence-corrected chi connectivity index (χ3v) is 7.20. The molecule has 1 heterocycles. The Morgan fingerprint density at radius 2 is 1.86 bits per heavy atom. The van der Waals surface area contributed by atoms with Crippen LogP contribution in [0.5, 0.6) is 5.75 Å². The van der Waals surface area contributed by atoms with Gasteiger partial charge in [-0.1, -0.05) is 29.3 Å². The summed E-state index contributed by atoms with van der Waals surface area (Å²) in [5.74, 6) is 0.482. The average Bonchev–Trinajstić information content (AvgIpc) is 3.20. The highest BCUT2D eigenvalue weighted by molar-refractivity contribution is 7.89. The van der Waals surface area contributed by atoms with E-state index < -0.39 is 10.0 Å². The number of carbonyl (C=O) groups excluding carboxylic acids is 1. The Bertz CT molecular complexity index is 1000. The number of hydrogen-bond acceptors (Lipinski definition) is 4. The first-order valence-corrected chi connectivity index (χ1v) is 11.4. The van der Waals surface area contributed by atoms with Crippen molar-refractivity contribution >= 4 is 33.2 Å². The summed E-state index contributed by atoms with van der Waals surface area (Å²) >= 11 is 6.13. The molecule has 1 amide bonds. The molecule has 29 heavy (non-hydrogen) atoms. The fraction of sp³-hybridized carbons (Fsp3) is 0.381. The van der Waals surface area contributed by atoms with E-state index in [1.807, 2.05) is 32.0 Å². The van der Waals surface area contributed by atoms with Crippen molar-refractivity contribution in [1.29, 1.82) is 0 Å². The SMILES string of the molecule is Cc1ccc(OCCC(=O)Nc2ccc(Cl)c(S(=O)(=O)N3CCCC3)c2)c(C)c1. The Balaban J connectivity index is 1.62. The number of hydrogen-bond donors (Lipinski definition) is 1. The van der Waals surface area contributed by atoms with Gasteiger partial charge in [-0.25, -0.2) is 8.42 Å². The number of benzene rings is 2. The maximum absolute atomic E-state index is 12.8. The summed E-state index contributed by atoms with van der Waals surface area (Å²) < 4.78 is 32.7. The third kappa shape index (κ3) is 5.29. The molecule has 1 fully saturated rings. The van der Waals surface area contributed by atoms with E-state index in [0.29, 0.717) is 18.8 Å². The van der Waals surface area contributed by atoms with E-state index in [1.165, 1.54) is 16.4 Å². The lowest BCUT2D eigenvalue weighted by Crippen LogP contribution is -2.28. The molecule has 3 rings (SSSR count). The van der Waals surface area contributed by atoms with Gasteiger partial charge in [-0.05, 0) is 56.5 Å². The Hall–Kier alpha value is -2.09. The van der Waals surface area contributed by atoms with Gasteiger partial charge in [-0.15, -0.1) is 0 Å². The molecule has 0 radical (unpaired) electrons. The number of sulfonamides is 1. The molecule has 8 heteroatoms. The maximum atomic E-state index is 12.8. The van der Waals surface area contributed by atoms with Gasteiger partial charge in [-0.2, -0.15) is 4.31 Å². The number of anilines is 1. The molecule has 2 aromatic rings. The molecule has 1 N–H and O–H groups in total. The van der Waals surface area contributed by atoms with Gasteiger partial charge in [0, 0.05) is 18.8 Å². The van der Waals surface area contributed by atoms with Gasteiger partial charge in [0.15, 0.2) is 0 Å². The number of ether oxygens (including phenoxy) is 1. The first-order valence-electron chi connectivity index (χ1n) is 9.57. The van der Waals surface area contributed by atoms with Crippen LogP contribution in [0.2, 0.25) is 5.02 Å². The average molecular weight is 437 g/mol. The molecule has 0 atom stereocenters. The molecular weight excluding hydrogens is 412 g/mol. The second-order valence-corrected chi connectivity index (χ2v) is 9.49. The van der Waals surface area contributed by atoms with Gasteiger partial charge < -0.3 is 10.1 Å². The predicted molar refractivity (Wildman–Crippen MR) is 114 cm³/mol. The standard InChI is InChI=1S/C21H25ClN2O4S/c1-15-5-8-19(16(2)13-15)28-12-9-21(25)23-17-6-7-18(22)20(14-17)29(26,27)24-10-3-4-11-24/h5-8,13-14H,3-4,9-12H2,1-2H3,(H,23,25). The van der Waals surface area contributed by atoms with Crippen LogP contribution in [-0.2, 0) is 14.8 Å². The van der Waals surface area contributed by atoms with E-state index in [9.17, 15) is 13.2 Å².